The van der Waals surface area contributed by atoms with Crippen LogP contribution in [0.1, 0.15) is 95.0 Å². The number of fused-ring (bicyclic) bond motifs is 3. The van der Waals surface area contributed by atoms with Gasteiger partial charge in [0.25, 0.3) is 0 Å². The Kier molecular flexibility index (Phi) is 17.2. The van der Waals surface area contributed by atoms with E-state index in [2.05, 4.69) is 60.7 Å². The van der Waals surface area contributed by atoms with Crippen LogP contribution < -0.4 is 4.74 Å². The van der Waals surface area contributed by atoms with E-state index in [1.54, 1.807) is 22.3 Å². The summed E-state index contributed by atoms with van der Waals surface area (Å²) in [6.07, 6.45) is 11.7. The third kappa shape index (κ3) is 10.7. The van der Waals surface area contributed by atoms with Crippen LogP contribution in [0.5, 0.6) is 5.75 Å². The molecule has 0 radical (unpaired) electrons. The Balaban J connectivity index is 0.000000237. The Bertz CT molecular complexity index is 787. The topological polar surface area (TPSA) is 9.23 Å². The van der Waals surface area contributed by atoms with E-state index < -0.39 is 0 Å². The maximum atomic E-state index is 5.42. The van der Waals surface area contributed by atoms with Gasteiger partial charge in [-0.1, -0.05) is 108 Å². The second kappa shape index (κ2) is 19.7. The standard InChI is InChI=1S/C10H12.C9H10O.C9H10.3C2H6/c1-2-6-10-8-4-3-7-9(10)5-1;1-2-6-9-8(4-1)5-3-7-10-9;1-2-5-9-7-3-6-8(9)4-1;3*1-2/h1-2,5-6H,3-4,7-8H2;1-2,4,6H,3,5,7H2;1-2,4-5H,3,6-7H2;3*1-2H3. The van der Waals surface area contributed by atoms with Gasteiger partial charge < -0.3 is 4.74 Å². The average molecular weight is 475 g/mol. The maximum Gasteiger partial charge on any atom is 0.122 e. The van der Waals surface area contributed by atoms with Crippen molar-refractivity contribution < 1.29 is 4.74 Å². The first kappa shape index (κ1) is 30.5. The summed E-state index contributed by atoms with van der Waals surface area (Å²) in [6, 6.07) is 25.8. The van der Waals surface area contributed by atoms with Crippen molar-refractivity contribution in [2.24, 2.45) is 0 Å². The molecule has 3 aromatic rings. The van der Waals surface area contributed by atoms with Crippen molar-refractivity contribution in [1.29, 1.82) is 0 Å². The van der Waals surface area contributed by atoms with Gasteiger partial charge in [0, 0.05) is 0 Å². The summed E-state index contributed by atoms with van der Waals surface area (Å²) in [4.78, 5) is 0. The van der Waals surface area contributed by atoms with Gasteiger partial charge in [-0.05, 0) is 91.7 Å². The highest BCUT2D eigenvalue weighted by atomic mass is 16.5. The number of hydrogen-bond acceptors (Lipinski definition) is 1. The van der Waals surface area contributed by atoms with Gasteiger partial charge in [-0.25, -0.2) is 0 Å². The largest absolute Gasteiger partial charge is 0.493 e. The zero-order valence-corrected chi connectivity index (χ0v) is 23.4. The molecule has 192 valence electrons. The minimum Gasteiger partial charge on any atom is -0.493 e. The Morgan fingerprint density at radius 1 is 0.400 bits per heavy atom. The minimum atomic E-state index is 0.886. The number of ether oxygens (including phenoxy) is 1. The van der Waals surface area contributed by atoms with Crippen molar-refractivity contribution in [3.8, 4) is 5.75 Å². The first-order valence-corrected chi connectivity index (χ1v) is 14.2. The second-order valence-corrected chi connectivity index (χ2v) is 8.16. The van der Waals surface area contributed by atoms with Gasteiger partial charge in [-0.15, -0.1) is 0 Å². The third-order valence-corrected chi connectivity index (χ3v) is 6.09. The lowest BCUT2D eigenvalue weighted by atomic mass is 9.92. The second-order valence-electron chi connectivity index (χ2n) is 8.16. The molecular formula is C34H50O. The molecule has 0 spiro atoms. The van der Waals surface area contributed by atoms with Crippen LogP contribution in [0.2, 0.25) is 0 Å². The van der Waals surface area contributed by atoms with Crippen molar-refractivity contribution in [3.05, 3.63) is 101 Å². The summed E-state index contributed by atoms with van der Waals surface area (Å²) in [5.74, 6) is 1.08. The van der Waals surface area contributed by atoms with Crippen LogP contribution in [0.3, 0.4) is 0 Å². The monoisotopic (exact) mass is 474 g/mol. The fraction of sp³-hybridized carbons (Fsp3) is 0.471. The molecule has 0 amide bonds. The predicted octanol–water partition coefficient (Wildman–Crippen LogP) is 9.83. The molecule has 35 heavy (non-hydrogen) atoms. The van der Waals surface area contributed by atoms with E-state index in [1.165, 1.54) is 56.9 Å². The SMILES string of the molecule is CC.CC.CC.c1ccc2c(c1)CCC2.c1ccc2c(c1)CCCC2.c1ccc2c(c1)CCCO2. The van der Waals surface area contributed by atoms with Gasteiger partial charge >= 0.3 is 0 Å². The van der Waals surface area contributed by atoms with Gasteiger partial charge in [-0.2, -0.15) is 0 Å². The number of rotatable bonds is 0. The summed E-state index contributed by atoms with van der Waals surface area (Å²) in [5, 5.41) is 0. The summed E-state index contributed by atoms with van der Waals surface area (Å²) in [5.41, 5.74) is 7.64. The number of para-hydroxylation sites is 1. The van der Waals surface area contributed by atoms with E-state index in [-0.39, 0.29) is 0 Å². The maximum absolute atomic E-state index is 5.42. The summed E-state index contributed by atoms with van der Waals surface area (Å²) >= 11 is 0. The van der Waals surface area contributed by atoms with Crippen LogP contribution in [0, 0.1) is 0 Å². The Morgan fingerprint density at radius 3 is 1.17 bits per heavy atom. The molecule has 0 unspecified atom stereocenters. The van der Waals surface area contributed by atoms with Gasteiger partial charge in [0.2, 0.25) is 0 Å². The molecular weight excluding hydrogens is 424 g/mol. The Labute approximate surface area is 217 Å². The average Bonchev–Trinajstić information content (AvgIpc) is 3.46. The highest BCUT2D eigenvalue weighted by molar-refractivity contribution is 5.34. The molecule has 6 rings (SSSR count). The fourth-order valence-electron chi connectivity index (χ4n) is 4.49. The van der Waals surface area contributed by atoms with Gasteiger partial charge in [0.15, 0.2) is 0 Å². The molecule has 0 atom stereocenters. The molecule has 2 aliphatic carbocycles. The highest BCUT2D eigenvalue weighted by Gasteiger charge is 2.08. The van der Waals surface area contributed by atoms with Crippen LogP contribution in [0.25, 0.3) is 0 Å². The number of benzene rings is 3. The van der Waals surface area contributed by atoms with Crippen LogP contribution in [-0.4, -0.2) is 6.61 Å². The lowest BCUT2D eigenvalue weighted by Gasteiger charge is -2.15. The van der Waals surface area contributed by atoms with Gasteiger partial charge in [0.1, 0.15) is 5.75 Å². The van der Waals surface area contributed by atoms with Crippen molar-refractivity contribution in [2.75, 3.05) is 6.61 Å². The van der Waals surface area contributed by atoms with Crippen molar-refractivity contribution in [1.82, 2.24) is 0 Å². The minimum absolute atomic E-state index is 0.886. The van der Waals surface area contributed by atoms with Crippen LogP contribution in [-0.2, 0) is 32.1 Å². The molecule has 0 saturated carbocycles. The molecule has 1 heteroatoms. The summed E-state index contributed by atoms with van der Waals surface area (Å²) in [7, 11) is 0. The predicted molar refractivity (Wildman–Crippen MR) is 156 cm³/mol. The van der Waals surface area contributed by atoms with E-state index >= 15 is 0 Å². The molecule has 0 bridgehead atoms. The molecule has 1 heterocycles. The van der Waals surface area contributed by atoms with Crippen molar-refractivity contribution in [2.45, 2.75) is 99.3 Å². The van der Waals surface area contributed by atoms with Crippen LogP contribution >= 0.6 is 0 Å². The molecule has 1 aliphatic heterocycles. The lowest BCUT2D eigenvalue weighted by molar-refractivity contribution is 0.288. The molecule has 0 N–H and O–H groups in total. The number of aryl methyl sites for hydroxylation is 5. The van der Waals surface area contributed by atoms with E-state index in [4.69, 9.17) is 4.74 Å². The molecule has 0 saturated heterocycles. The zero-order valence-electron chi connectivity index (χ0n) is 23.4. The molecule has 3 aromatic carbocycles. The fourth-order valence-corrected chi connectivity index (χ4v) is 4.49. The van der Waals surface area contributed by atoms with Gasteiger partial charge in [-0.3, -0.25) is 0 Å². The van der Waals surface area contributed by atoms with Crippen LogP contribution in [0.4, 0.5) is 0 Å². The Hall–Kier alpha value is -2.54. The van der Waals surface area contributed by atoms with E-state index in [0.717, 1.165) is 18.8 Å². The lowest BCUT2D eigenvalue weighted by Crippen LogP contribution is -2.07. The first-order valence-electron chi connectivity index (χ1n) is 14.2. The molecule has 0 fully saturated rings. The van der Waals surface area contributed by atoms with E-state index in [0.29, 0.717) is 0 Å². The third-order valence-electron chi connectivity index (χ3n) is 6.09. The van der Waals surface area contributed by atoms with E-state index in [9.17, 15) is 0 Å². The molecule has 3 aliphatic rings. The number of hydrogen-bond donors (Lipinski definition) is 0. The quantitative estimate of drug-likeness (QED) is 0.315. The van der Waals surface area contributed by atoms with Crippen LogP contribution in [0.15, 0.2) is 72.8 Å². The van der Waals surface area contributed by atoms with Crippen molar-refractivity contribution in [3.63, 3.8) is 0 Å². The molecule has 1 nitrogen and oxygen atoms in total. The first-order chi connectivity index (χ1) is 17.4. The molecule has 0 aromatic heterocycles. The normalized spacial score (nSPS) is 13.7. The van der Waals surface area contributed by atoms with Crippen molar-refractivity contribution >= 4 is 0 Å². The smallest absolute Gasteiger partial charge is 0.122 e. The summed E-state index contributed by atoms with van der Waals surface area (Å²) in [6.45, 7) is 12.9. The Morgan fingerprint density at radius 2 is 0.743 bits per heavy atom. The van der Waals surface area contributed by atoms with E-state index in [1.807, 2.05) is 53.7 Å². The zero-order chi connectivity index (χ0) is 25.7. The summed E-state index contributed by atoms with van der Waals surface area (Å²) < 4.78 is 5.42. The highest BCUT2D eigenvalue weighted by Crippen LogP contribution is 2.23. The van der Waals surface area contributed by atoms with Gasteiger partial charge in [0.05, 0.1) is 6.61 Å².